The average molecular weight is 229 g/mol. The van der Waals surface area contributed by atoms with Crippen LogP contribution in [0.4, 0.5) is 8.78 Å². The quantitative estimate of drug-likeness (QED) is 0.861. The van der Waals surface area contributed by atoms with Gasteiger partial charge in [0.05, 0.1) is 12.7 Å². The van der Waals surface area contributed by atoms with E-state index in [1.165, 1.54) is 13.2 Å². The van der Waals surface area contributed by atoms with Crippen molar-refractivity contribution in [1.29, 1.82) is 0 Å². The van der Waals surface area contributed by atoms with Crippen LogP contribution in [0.15, 0.2) is 18.2 Å². The molecule has 0 amide bonds. The molecule has 0 aromatic heterocycles. The average Bonchev–Trinajstić information content (AvgIpc) is 2.14. The van der Waals surface area contributed by atoms with E-state index in [-0.39, 0.29) is 11.3 Å². The Balaban J connectivity index is 3.14. The Labute approximate surface area is 94.4 Å². The van der Waals surface area contributed by atoms with Crippen LogP contribution in [0.5, 0.6) is 5.75 Å². The summed E-state index contributed by atoms with van der Waals surface area (Å²) in [5.74, 6) is 0.246. The van der Waals surface area contributed by atoms with E-state index in [0.717, 1.165) is 0 Å². The normalized spacial score (nSPS) is 11.9. The van der Waals surface area contributed by atoms with E-state index >= 15 is 0 Å². The number of alkyl halides is 2. The second kappa shape index (κ2) is 4.78. The summed E-state index contributed by atoms with van der Waals surface area (Å²) >= 11 is 0. The lowest BCUT2D eigenvalue weighted by Crippen LogP contribution is -2.34. The highest BCUT2D eigenvalue weighted by molar-refractivity contribution is 5.43. The molecule has 2 N–H and O–H groups in total. The van der Waals surface area contributed by atoms with E-state index in [4.69, 9.17) is 10.5 Å². The number of para-hydroxylation sites is 1. The van der Waals surface area contributed by atoms with Crippen molar-refractivity contribution >= 4 is 0 Å². The smallest absolute Gasteiger partial charge is 0.267 e. The summed E-state index contributed by atoms with van der Waals surface area (Å²) in [4.78, 5) is 0. The van der Waals surface area contributed by atoms with Gasteiger partial charge in [-0.25, -0.2) is 8.78 Å². The van der Waals surface area contributed by atoms with Gasteiger partial charge in [-0.15, -0.1) is 0 Å². The van der Waals surface area contributed by atoms with Crippen molar-refractivity contribution in [3.05, 3.63) is 29.3 Å². The molecule has 0 saturated heterocycles. The molecule has 0 fully saturated rings. The van der Waals surface area contributed by atoms with E-state index in [0.29, 0.717) is 12.0 Å². The lowest BCUT2D eigenvalue weighted by atomic mass is 9.94. The highest BCUT2D eigenvalue weighted by atomic mass is 19.3. The van der Waals surface area contributed by atoms with Crippen LogP contribution in [0.3, 0.4) is 0 Å². The number of hydrogen-bond donors (Lipinski definition) is 1. The lowest BCUT2D eigenvalue weighted by molar-refractivity contribution is 0.146. The third-order valence-corrected chi connectivity index (χ3v) is 2.21. The molecule has 0 aliphatic heterocycles. The molecular weight excluding hydrogens is 212 g/mol. The Morgan fingerprint density at radius 1 is 1.38 bits per heavy atom. The second-order valence-corrected chi connectivity index (χ2v) is 4.51. The molecule has 1 aromatic carbocycles. The fraction of sp³-hybridized carbons (Fsp3) is 0.500. The molecule has 0 aliphatic carbocycles. The molecular formula is C12H17F2NO. The third-order valence-electron chi connectivity index (χ3n) is 2.21. The summed E-state index contributed by atoms with van der Waals surface area (Å²) in [5, 5.41) is 0. The third kappa shape index (κ3) is 3.17. The SMILES string of the molecule is COc1c(CC(C)(C)N)cccc1C(F)F. The van der Waals surface area contributed by atoms with Crippen LogP contribution in [0, 0.1) is 0 Å². The molecule has 0 atom stereocenters. The van der Waals surface area contributed by atoms with Gasteiger partial charge in [-0.05, 0) is 31.9 Å². The molecule has 2 nitrogen and oxygen atoms in total. The lowest BCUT2D eigenvalue weighted by Gasteiger charge is -2.21. The molecule has 0 unspecified atom stereocenters. The zero-order valence-corrected chi connectivity index (χ0v) is 9.76. The predicted octanol–water partition coefficient (Wildman–Crippen LogP) is 2.91. The molecule has 0 bridgehead atoms. The van der Waals surface area contributed by atoms with Crippen LogP contribution < -0.4 is 10.5 Å². The molecule has 16 heavy (non-hydrogen) atoms. The number of ether oxygens (including phenoxy) is 1. The summed E-state index contributed by atoms with van der Waals surface area (Å²) < 4.78 is 30.5. The number of hydrogen-bond acceptors (Lipinski definition) is 2. The van der Waals surface area contributed by atoms with E-state index in [1.54, 1.807) is 12.1 Å². The Bertz CT molecular complexity index is 359. The maximum atomic E-state index is 12.7. The van der Waals surface area contributed by atoms with E-state index < -0.39 is 12.0 Å². The predicted molar refractivity (Wildman–Crippen MR) is 59.9 cm³/mol. The van der Waals surface area contributed by atoms with Crippen LogP contribution in [-0.4, -0.2) is 12.6 Å². The van der Waals surface area contributed by atoms with Crippen LogP contribution >= 0.6 is 0 Å². The summed E-state index contributed by atoms with van der Waals surface area (Å²) in [6.45, 7) is 3.70. The van der Waals surface area contributed by atoms with Gasteiger partial charge in [0.2, 0.25) is 0 Å². The first kappa shape index (κ1) is 12.9. The minimum absolute atomic E-state index is 0.0794. The second-order valence-electron chi connectivity index (χ2n) is 4.51. The van der Waals surface area contributed by atoms with Crippen LogP contribution in [0.25, 0.3) is 0 Å². The first-order valence-electron chi connectivity index (χ1n) is 5.08. The number of benzene rings is 1. The van der Waals surface area contributed by atoms with Crippen molar-refractivity contribution in [3.63, 3.8) is 0 Å². The molecule has 0 heterocycles. The zero-order valence-electron chi connectivity index (χ0n) is 9.76. The molecule has 90 valence electrons. The van der Waals surface area contributed by atoms with Gasteiger partial charge in [-0.2, -0.15) is 0 Å². The van der Waals surface area contributed by atoms with Crippen molar-refractivity contribution in [2.24, 2.45) is 5.73 Å². The Morgan fingerprint density at radius 3 is 2.44 bits per heavy atom. The molecule has 0 aliphatic rings. The molecule has 4 heteroatoms. The van der Waals surface area contributed by atoms with Crippen molar-refractivity contribution in [2.45, 2.75) is 32.2 Å². The van der Waals surface area contributed by atoms with Gasteiger partial charge in [-0.1, -0.05) is 12.1 Å². The zero-order chi connectivity index (χ0) is 12.3. The largest absolute Gasteiger partial charge is 0.496 e. The van der Waals surface area contributed by atoms with Gasteiger partial charge in [0.1, 0.15) is 5.75 Å². The van der Waals surface area contributed by atoms with Gasteiger partial charge >= 0.3 is 0 Å². The van der Waals surface area contributed by atoms with E-state index in [2.05, 4.69) is 0 Å². The fourth-order valence-corrected chi connectivity index (χ4v) is 1.66. The van der Waals surface area contributed by atoms with Crippen LogP contribution in [0.1, 0.15) is 31.4 Å². The number of methoxy groups -OCH3 is 1. The molecule has 0 saturated carbocycles. The summed E-state index contributed by atoms with van der Waals surface area (Å²) in [7, 11) is 1.40. The van der Waals surface area contributed by atoms with Gasteiger partial charge in [0.25, 0.3) is 6.43 Å². The molecule has 1 aromatic rings. The van der Waals surface area contributed by atoms with Gasteiger partial charge < -0.3 is 10.5 Å². The standard InChI is InChI=1S/C12H17F2NO/c1-12(2,15)7-8-5-4-6-9(11(13)14)10(8)16-3/h4-6,11H,7,15H2,1-3H3. The van der Waals surface area contributed by atoms with Gasteiger partial charge in [0.15, 0.2) is 0 Å². The summed E-state index contributed by atoms with van der Waals surface area (Å²) in [5.41, 5.74) is 6.06. The number of rotatable bonds is 4. The van der Waals surface area contributed by atoms with Crippen molar-refractivity contribution in [2.75, 3.05) is 7.11 Å². The first-order valence-corrected chi connectivity index (χ1v) is 5.08. The maximum Gasteiger partial charge on any atom is 0.267 e. The Kier molecular flexibility index (Phi) is 3.86. The summed E-state index contributed by atoms with van der Waals surface area (Å²) in [6, 6.07) is 4.74. The Morgan fingerprint density at radius 2 is 2.00 bits per heavy atom. The number of nitrogens with two attached hydrogens (primary N) is 1. The topological polar surface area (TPSA) is 35.2 Å². The Hall–Kier alpha value is -1.16. The van der Waals surface area contributed by atoms with E-state index in [1.807, 2.05) is 13.8 Å². The molecule has 1 rings (SSSR count). The minimum atomic E-state index is -2.53. The van der Waals surface area contributed by atoms with Crippen molar-refractivity contribution in [1.82, 2.24) is 0 Å². The highest BCUT2D eigenvalue weighted by Crippen LogP contribution is 2.33. The monoisotopic (exact) mass is 229 g/mol. The maximum absolute atomic E-state index is 12.7. The van der Waals surface area contributed by atoms with E-state index in [9.17, 15) is 8.78 Å². The van der Waals surface area contributed by atoms with Gasteiger partial charge in [-0.3, -0.25) is 0 Å². The van der Waals surface area contributed by atoms with Crippen LogP contribution in [0.2, 0.25) is 0 Å². The highest BCUT2D eigenvalue weighted by Gasteiger charge is 2.20. The number of halogens is 2. The first-order chi connectivity index (χ1) is 7.35. The van der Waals surface area contributed by atoms with Gasteiger partial charge in [0, 0.05) is 5.54 Å². The van der Waals surface area contributed by atoms with Crippen molar-refractivity contribution < 1.29 is 13.5 Å². The van der Waals surface area contributed by atoms with Crippen molar-refractivity contribution in [3.8, 4) is 5.75 Å². The molecule has 0 spiro atoms. The molecule has 0 radical (unpaired) electrons. The summed E-state index contributed by atoms with van der Waals surface area (Å²) in [6.07, 6.45) is -2.03. The fourth-order valence-electron chi connectivity index (χ4n) is 1.66. The minimum Gasteiger partial charge on any atom is -0.496 e. The van der Waals surface area contributed by atoms with Crippen LogP contribution in [-0.2, 0) is 6.42 Å².